The molecule has 1 aliphatic rings. The number of nitrogens with one attached hydrogen (secondary N) is 2. The van der Waals surface area contributed by atoms with E-state index in [9.17, 15) is 22.4 Å². The van der Waals surface area contributed by atoms with E-state index < -0.39 is 29.0 Å². The lowest BCUT2D eigenvalue weighted by atomic mass is 9.91. The van der Waals surface area contributed by atoms with Crippen LogP contribution in [0.3, 0.4) is 0 Å². The van der Waals surface area contributed by atoms with Gasteiger partial charge in [0.2, 0.25) is 5.95 Å². The van der Waals surface area contributed by atoms with Gasteiger partial charge in [0, 0.05) is 31.6 Å². The van der Waals surface area contributed by atoms with Crippen LogP contribution >= 0.6 is 0 Å². The number of nitrogens with zero attached hydrogens (tertiary/aromatic N) is 3. The molecule has 0 saturated heterocycles. The molecule has 0 bridgehead atoms. The lowest BCUT2D eigenvalue weighted by Gasteiger charge is -2.30. The third-order valence-electron chi connectivity index (χ3n) is 5.94. The number of para-hydroxylation sites is 1. The van der Waals surface area contributed by atoms with Gasteiger partial charge in [-0.3, -0.25) is 4.79 Å². The maximum atomic E-state index is 14.1. The molecule has 10 heteroatoms. The van der Waals surface area contributed by atoms with Crippen LogP contribution in [-0.2, 0) is 6.18 Å². The second kappa shape index (κ2) is 9.44. The fraction of sp³-hybridized carbons (Fsp3) is 0.375. The number of rotatable bonds is 5. The first-order chi connectivity index (χ1) is 16.1. The summed E-state index contributed by atoms with van der Waals surface area (Å²) in [6, 6.07) is 9.62. The molecule has 1 fully saturated rings. The minimum Gasteiger partial charge on any atom is -0.362 e. The van der Waals surface area contributed by atoms with Crippen molar-refractivity contribution in [2.75, 3.05) is 24.3 Å². The van der Waals surface area contributed by atoms with E-state index in [0.717, 1.165) is 35.6 Å². The molecule has 1 saturated carbocycles. The van der Waals surface area contributed by atoms with Gasteiger partial charge in [0.1, 0.15) is 11.6 Å². The number of halogens is 4. The Morgan fingerprint density at radius 3 is 2.32 bits per heavy atom. The van der Waals surface area contributed by atoms with Crippen molar-refractivity contribution >= 4 is 28.6 Å². The zero-order valence-electron chi connectivity index (χ0n) is 18.8. The minimum absolute atomic E-state index is 0.104. The first kappa shape index (κ1) is 23.7. The number of anilines is 2. The van der Waals surface area contributed by atoms with E-state index in [-0.39, 0.29) is 12.1 Å². The van der Waals surface area contributed by atoms with Crippen LogP contribution in [0.5, 0.6) is 0 Å². The maximum Gasteiger partial charge on any atom is 0.416 e. The Hall–Kier alpha value is -3.43. The summed E-state index contributed by atoms with van der Waals surface area (Å²) < 4.78 is 52.3. The van der Waals surface area contributed by atoms with Crippen molar-refractivity contribution in [3.05, 3.63) is 59.4 Å². The summed E-state index contributed by atoms with van der Waals surface area (Å²) in [5.74, 6) is -0.557. The highest BCUT2D eigenvalue weighted by Gasteiger charge is 2.32. The molecular weight excluding hydrogens is 450 g/mol. The molecular formula is C24H25F4N5O. The molecule has 34 heavy (non-hydrogen) atoms. The van der Waals surface area contributed by atoms with Gasteiger partial charge in [0.15, 0.2) is 0 Å². The highest BCUT2D eigenvalue weighted by molar-refractivity contribution is 5.94. The predicted molar refractivity (Wildman–Crippen MR) is 122 cm³/mol. The predicted octanol–water partition coefficient (Wildman–Crippen LogP) is 5.01. The van der Waals surface area contributed by atoms with Gasteiger partial charge < -0.3 is 15.5 Å². The first-order valence-electron chi connectivity index (χ1n) is 11.0. The SMILES string of the molecule is CN(C)c1nc(NC2CCC(NC(=O)c3ccc(C(F)(F)F)cc3F)CC2)nc2ccccc12. The van der Waals surface area contributed by atoms with E-state index in [1.54, 1.807) is 0 Å². The van der Waals surface area contributed by atoms with Crippen molar-refractivity contribution in [3.63, 3.8) is 0 Å². The molecule has 0 radical (unpaired) electrons. The van der Waals surface area contributed by atoms with Crippen molar-refractivity contribution in [2.45, 2.75) is 43.9 Å². The molecule has 1 aromatic heterocycles. The Bertz CT molecular complexity index is 1190. The van der Waals surface area contributed by atoms with Crippen LogP contribution in [0.15, 0.2) is 42.5 Å². The van der Waals surface area contributed by atoms with Gasteiger partial charge >= 0.3 is 6.18 Å². The molecule has 4 rings (SSSR count). The van der Waals surface area contributed by atoms with Gasteiger partial charge in [-0.05, 0) is 56.0 Å². The summed E-state index contributed by atoms with van der Waals surface area (Å²) in [6.07, 6.45) is -1.93. The van der Waals surface area contributed by atoms with Gasteiger partial charge in [-0.15, -0.1) is 0 Å². The third-order valence-corrected chi connectivity index (χ3v) is 5.94. The largest absolute Gasteiger partial charge is 0.416 e. The Morgan fingerprint density at radius 1 is 1.00 bits per heavy atom. The maximum absolute atomic E-state index is 14.1. The number of carbonyl (C=O) groups excluding carboxylic acids is 1. The number of carbonyl (C=O) groups is 1. The molecule has 0 unspecified atom stereocenters. The van der Waals surface area contributed by atoms with E-state index in [0.29, 0.717) is 30.9 Å². The summed E-state index contributed by atoms with van der Waals surface area (Å²) in [5.41, 5.74) is -0.682. The van der Waals surface area contributed by atoms with Crippen molar-refractivity contribution in [1.29, 1.82) is 0 Å². The summed E-state index contributed by atoms with van der Waals surface area (Å²) in [4.78, 5) is 23.6. The number of hydrogen-bond donors (Lipinski definition) is 2. The summed E-state index contributed by atoms with van der Waals surface area (Å²) in [5, 5.41) is 7.07. The molecule has 1 aliphatic carbocycles. The number of aromatic nitrogens is 2. The van der Waals surface area contributed by atoms with Crippen molar-refractivity contribution in [3.8, 4) is 0 Å². The van der Waals surface area contributed by atoms with E-state index in [1.165, 1.54) is 0 Å². The monoisotopic (exact) mass is 475 g/mol. The molecule has 0 spiro atoms. The van der Waals surface area contributed by atoms with Gasteiger partial charge in [0.25, 0.3) is 5.91 Å². The minimum atomic E-state index is -4.66. The van der Waals surface area contributed by atoms with Crippen LogP contribution in [0.1, 0.15) is 41.6 Å². The van der Waals surface area contributed by atoms with Crippen LogP contribution in [0.2, 0.25) is 0 Å². The topological polar surface area (TPSA) is 70.2 Å². The highest BCUT2D eigenvalue weighted by Crippen LogP contribution is 2.30. The Morgan fingerprint density at radius 2 is 1.68 bits per heavy atom. The van der Waals surface area contributed by atoms with Crippen LogP contribution in [0.4, 0.5) is 29.3 Å². The molecule has 0 atom stereocenters. The van der Waals surface area contributed by atoms with Crippen LogP contribution in [0, 0.1) is 5.82 Å². The lowest BCUT2D eigenvalue weighted by Crippen LogP contribution is -2.40. The number of alkyl halides is 3. The van der Waals surface area contributed by atoms with Gasteiger partial charge in [-0.25, -0.2) is 9.37 Å². The second-order valence-corrected chi connectivity index (χ2v) is 8.64. The molecule has 2 aromatic carbocycles. The fourth-order valence-corrected chi connectivity index (χ4v) is 4.17. The molecule has 1 heterocycles. The third kappa shape index (κ3) is 5.21. The van der Waals surface area contributed by atoms with E-state index in [4.69, 9.17) is 0 Å². The van der Waals surface area contributed by atoms with Gasteiger partial charge in [-0.2, -0.15) is 18.2 Å². The van der Waals surface area contributed by atoms with Crippen LogP contribution in [0.25, 0.3) is 10.9 Å². The molecule has 0 aliphatic heterocycles. The number of hydrogen-bond acceptors (Lipinski definition) is 5. The van der Waals surface area contributed by atoms with E-state index in [1.807, 2.05) is 43.3 Å². The van der Waals surface area contributed by atoms with Gasteiger partial charge in [-0.1, -0.05) is 12.1 Å². The normalized spacial score (nSPS) is 18.5. The molecule has 180 valence electrons. The van der Waals surface area contributed by atoms with Crippen LogP contribution in [-0.4, -0.2) is 42.1 Å². The average Bonchev–Trinajstić information content (AvgIpc) is 2.79. The Labute approximate surface area is 194 Å². The second-order valence-electron chi connectivity index (χ2n) is 8.64. The zero-order valence-corrected chi connectivity index (χ0v) is 18.8. The van der Waals surface area contributed by atoms with Crippen molar-refractivity contribution in [1.82, 2.24) is 15.3 Å². The van der Waals surface area contributed by atoms with E-state index in [2.05, 4.69) is 20.6 Å². The molecule has 2 N–H and O–H groups in total. The van der Waals surface area contributed by atoms with Crippen molar-refractivity contribution < 1.29 is 22.4 Å². The fourth-order valence-electron chi connectivity index (χ4n) is 4.17. The number of amides is 1. The van der Waals surface area contributed by atoms with Crippen molar-refractivity contribution in [2.24, 2.45) is 0 Å². The zero-order chi connectivity index (χ0) is 24.5. The summed E-state index contributed by atoms with van der Waals surface area (Å²) in [6.45, 7) is 0. The smallest absolute Gasteiger partial charge is 0.362 e. The molecule has 6 nitrogen and oxygen atoms in total. The quantitative estimate of drug-likeness (QED) is 0.508. The first-order valence-corrected chi connectivity index (χ1v) is 11.0. The Balaban J connectivity index is 1.36. The molecule has 1 amide bonds. The summed E-state index contributed by atoms with van der Waals surface area (Å²) >= 11 is 0. The lowest BCUT2D eigenvalue weighted by molar-refractivity contribution is -0.137. The number of fused-ring (bicyclic) bond motifs is 1. The molecule has 3 aromatic rings. The Kier molecular flexibility index (Phi) is 6.58. The average molecular weight is 475 g/mol. The standard InChI is InChI=1S/C24H25F4N5O/c1-33(2)21-18-5-3-4-6-20(18)31-23(32-21)30-16-10-8-15(9-11-16)29-22(34)17-12-7-14(13-19(17)25)24(26,27)28/h3-7,12-13,15-16H,8-11H2,1-2H3,(H,29,34)(H,30,31,32). The highest BCUT2D eigenvalue weighted by atomic mass is 19.4. The van der Waals surface area contributed by atoms with E-state index >= 15 is 0 Å². The number of benzene rings is 2. The summed E-state index contributed by atoms with van der Waals surface area (Å²) in [7, 11) is 3.85. The van der Waals surface area contributed by atoms with Crippen LogP contribution < -0.4 is 15.5 Å². The van der Waals surface area contributed by atoms with Gasteiger partial charge in [0.05, 0.1) is 16.6 Å².